The Morgan fingerprint density at radius 2 is 2.06 bits per heavy atom. The van der Waals surface area contributed by atoms with E-state index in [1.54, 1.807) is 6.26 Å². The van der Waals surface area contributed by atoms with Crippen LogP contribution in [0.15, 0.2) is 0 Å². The number of carbonyl (C=O) groups excluding carboxylic acids is 1. The maximum Gasteiger partial charge on any atom is 0.315 e. The van der Waals surface area contributed by atoms with Gasteiger partial charge in [-0.3, -0.25) is 9.00 Å². The molecule has 7 heteroatoms. The first kappa shape index (κ1) is 15.9. The van der Waals surface area contributed by atoms with Gasteiger partial charge in [0.2, 0.25) is 0 Å². The van der Waals surface area contributed by atoms with Crippen molar-refractivity contribution in [2.75, 3.05) is 18.6 Å². The molecular weight excluding hydrogens is 244 g/mol. The molecule has 0 bridgehead atoms. The van der Waals surface area contributed by atoms with Crippen LogP contribution in [-0.4, -0.2) is 45.9 Å². The van der Waals surface area contributed by atoms with Crippen LogP contribution in [0.5, 0.6) is 0 Å². The fourth-order valence-corrected chi connectivity index (χ4v) is 1.60. The maximum absolute atomic E-state index is 11.3. The van der Waals surface area contributed by atoms with Gasteiger partial charge in [-0.1, -0.05) is 0 Å². The molecule has 0 radical (unpaired) electrons. The third-order valence-corrected chi connectivity index (χ3v) is 2.86. The highest BCUT2D eigenvalue weighted by molar-refractivity contribution is 7.84. The first-order valence-corrected chi connectivity index (χ1v) is 7.20. The van der Waals surface area contributed by atoms with Gasteiger partial charge in [0.15, 0.2) is 0 Å². The number of carboxylic acids is 1. The Bertz CT molecular complexity index is 283. The van der Waals surface area contributed by atoms with Crippen LogP contribution >= 0.6 is 0 Å². The van der Waals surface area contributed by atoms with Crippen molar-refractivity contribution in [1.29, 1.82) is 0 Å². The molecule has 2 unspecified atom stereocenters. The summed E-state index contributed by atoms with van der Waals surface area (Å²) in [6.45, 7) is 2.19. The smallest absolute Gasteiger partial charge is 0.315 e. The molecule has 0 spiro atoms. The molecule has 100 valence electrons. The summed E-state index contributed by atoms with van der Waals surface area (Å²) in [6, 6.07) is -0.375. The summed E-state index contributed by atoms with van der Waals surface area (Å²) < 4.78 is 10.7. The first-order valence-electron chi connectivity index (χ1n) is 5.48. The van der Waals surface area contributed by atoms with Crippen molar-refractivity contribution in [2.45, 2.75) is 32.2 Å². The van der Waals surface area contributed by atoms with Crippen molar-refractivity contribution in [1.82, 2.24) is 10.6 Å². The number of nitrogens with one attached hydrogen (secondary N) is 2. The van der Waals surface area contributed by atoms with Crippen LogP contribution in [0.4, 0.5) is 4.79 Å². The standard InChI is InChI=1S/C10H20N2O4S/c1-8(4-3-5-9(13)14)12-10(15)11-6-7-17(2)16/h8H,3-7H2,1-2H3,(H,13,14)(H2,11,12,15). The maximum atomic E-state index is 11.3. The molecule has 3 N–H and O–H groups in total. The summed E-state index contributed by atoms with van der Waals surface area (Å²) in [5.74, 6) is -0.395. The first-order chi connectivity index (χ1) is 7.91. The van der Waals surface area contributed by atoms with Crippen molar-refractivity contribution in [3.63, 3.8) is 0 Å². The highest BCUT2D eigenvalue weighted by atomic mass is 32.2. The van der Waals surface area contributed by atoms with Crippen molar-refractivity contribution >= 4 is 22.8 Å². The van der Waals surface area contributed by atoms with Crippen molar-refractivity contribution < 1.29 is 18.9 Å². The highest BCUT2D eigenvalue weighted by Crippen LogP contribution is 2.00. The Hall–Kier alpha value is -1.11. The zero-order valence-electron chi connectivity index (χ0n) is 10.2. The predicted octanol–water partition coefficient (Wildman–Crippen LogP) is 0.308. The monoisotopic (exact) mass is 264 g/mol. The molecule has 2 atom stereocenters. The lowest BCUT2D eigenvalue weighted by Gasteiger charge is -2.13. The molecule has 0 aliphatic heterocycles. The molecule has 0 aromatic carbocycles. The van der Waals surface area contributed by atoms with Crippen LogP contribution in [0.25, 0.3) is 0 Å². The molecule has 0 aromatic rings. The van der Waals surface area contributed by atoms with Gasteiger partial charge in [0, 0.05) is 41.8 Å². The van der Waals surface area contributed by atoms with E-state index in [0.29, 0.717) is 25.1 Å². The topological polar surface area (TPSA) is 95.5 Å². The molecule has 0 rings (SSSR count). The molecule has 6 nitrogen and oxygen atoms in total. The number of hydrogen-bond donors (Lipinski definition) is 3. The number of rotatable bonds is 8. The third-order valence-electron chi connectivity index (χ3n) is 2.08. The molecule has 0 aromatic heterocycles. The van der Waals surface area contributed by atoms with Crippen LogP contribution in [0.1, 0.15) is 26.2 Å². The molecular formula is C10H20N2O4S. The lowest BCUT2D eigenvalue weighted by Crippen LogP contribution is -2.42. The van der Waals surface area contributed by atoms with Crippen molar-refractivity contribution in [2.24, 2.45) is 0 Å². The molecule has 0 saturated carbocycles. The second kappa shape index (κ2) is 8.98. The Morgan fingerprint density at radius 1 is 1.41 bits per heavy atom. The molecule has 0 heterocycles. The van der Waals surface area contributed by atoms with E-state index in [-0.39, 0.29) is 18.5 Å². The number of carboxylic acid groups (broad SMARTS) is 1. The number of carbonyl (C=O) groups is 2. The minimum atomic E-state index is -0.913. The van der Waals surface area contributed by atoms with E-state index < -0.39 is 16.8 Å². The normalized spacial score (nSPS) is 13.8. The van der Waals surface area contributed by atoms with Gasteiger partial charge in [-0.05, 0) is 19.8 Å². The molecule has 0 fully saturated rings. The summed E-state index contributed by atoms with van der Waals surface area (Å²) >= 11 is 0. The lowest BCUT2D eigenvalue weighted by atomic mass is 10.1. The van der Waals surface area contributed by atoms with Crippen LogP contribution in [-0.2, 0) is 15.6 Å². The summed E-state index contributed by atoms with van der Waals surface area (Å²) in [5, 5.41) is 13.7. The van der Waals surface area contributed by atoms with Gasteiger partial charge in [-0.25, -0.2) is 4.79 Å². The van der Waals surface area contributed by atoms with E-state index in [4.69, 9.17) is 5.11 Å². The minimum Gasteiger partial charge on any atom is -0.481 e. The van der Waals surface area contributed by atoms with E-state index in [0.717, 1.165) is 0 Å². The van der Waals surface area contributed by atoms with E-state index in [2.05, 4.69) is 10.6 Å². The quantitative estimate of drug-likeness (QED) is 0.588. The molecule has 17 heavy (non-hydrogen) atoms. The van der Waals surface area contributed by atoms with E-state index in [1.165, 1.54) is 0 Å². The molecule has 2 amide bonds. The molecule has 0 aliphatic rings. The van der Waals surface area contributed by atoms with Gasteiger partial charge in [0.05, 0.1) is 0 Å². The minimum absolute atomic E-state index is 0.0681. The second-order valence-corrected chi connectivity index (χ2v) is 5.42. The van der Waals surface area contributed by atoms with Gasteiger partial charge >= 0.3 is 12.0 Å². The second-order valence-electron chi connectivity index (χ2n) is 3.86. The third kappa shape index (κ3) is 11.2. The zero-order valence-corrected chi connectivity index (χ0v) is 11.0. The van der Waals surface area contributed by atoms with Crippen molar-refractivity contribution in [3.05, 3.63) is 0 Å². The Labute approximate surface area is 104 Å². The number of amides is 2. The Balaban J connectivity index is 3.58. The fourth-order valence-electron chi connectivity index (χ4n) is 1.21. The summed E-state index contributed by atoms with van der Waals surface area (Å²) in [7, 11) is -0.913. The van der Waals surface area contributed by atoms with E-state index >= 15 is 0 Å². The van der Waals surface area contributed by atoms with E-state index in [1.807, 2.05) is 6.92 Å². The summed E-state index contributed by atoms with van der Waals surface area (Å²) in [6.07, 6.45) is 2.85. The van der Waals surface area contributed by atoms with Crippen LogP contribution < -0.4 is 10.6 Å². The average molecular weight is 264 g/mol. The van der Waals surface area contributed by atoms with E-state index in [9.17, 15) is 13.8 Å². The molecule has 0 saturated heterocycles. The average Bonchev–Trinajstić information content (AvgIpc) is 2.15. The SMILES string of the molecule is CC(CCCC(=O)O)NC(=O)NCCS(C)=O. The van der Waals surface area contributed by atoms with Crippen LogP contribution in [0.3, 0.4) is 0 Å². The Kier molecular flexibility index (Phi) is 8.39. The highest BCUT2D eigenvalue weighted by Gasteiger charge is 2.07. The zero-order chi connectivity index (χ0) is 13.3. The Morgan fingerprint density at radius 3 is 2.59 bits per heavy atom. The number of hydrogen-bond acceptors (Lipinski definition) is 3. The van der Waals surface area contributed by atoms with Gasteiger partial charge in [-0.2, -0.15) is 0 Å². The van der Waals surface area contributed by atoms with Crippen LogP contribution in [0, 0.1) is 0 Å². The van der Waals surface area contributed by atoms with Gasteiger partial charge in [0.25, 0.3) is 0 Å². The lowest BCUT2D eigenvalue weighted by molar-refractivity contribution is -0.137. The summed E-state index contributed by atoms with van der Waals surface area (Å²) in [4.78, 5) is 21.6. The largest absolute Gasteiger partial charge is 0.481 e. The van der Waals surface area contributed by atoms with Crippen LogP contribution in [0.2, 0.25) is 0 Å². The number of urea groups is 1. The summed E-state index contributed by atoms with van der Waals surface area (Å²) in [5.41, 5.74) is 0. The predicted molar refractivity (Wildman–Crippen MR) is 66.4 cm³/mol. The fraction of sp³-hybridized carbons (Fsp3) is 0.800. The molecule has 0 aliphatic carbocycles. The van der Waals surface area contributed by atoms with Gasteiger partial charge in [0.1, 0.15) is 0 Å². The number of aliphatic carboxylic acids is 1. The van der Waals surface area contributed by atoms with Gasteiger partial charge < -0.3 is 15.7 Å². The van der Waals surface area contributed by atoms with Gasteiger partial charge in [-0.15, -0.1) is 0 Å². The van der Waals surface area contributed by atoms with Crippen molar-refractivity contribution in [3.8, 4) is 0 Å².